The van der Waals surface area contributed by atoms with Gasteiger partial charge in [-0.3, -0.25) is 0 Å². The molecule has 0 heterocycles. The molecule has 5 nitrogen and oxygen atoms in total. The van der Waals surface area contributed by atoms with E-state index in [-0.39, 0.29) is 11.3 Å². The molecule has 0 aromatic carbocycles. The highest BCUT2D eigenvalue weighted by Gasteiger charge is 2.44. The predicted octanol–water partition coefficient (Wildman–Crippen LogP) is 4.68. The molecule has 3 unspecified atom stereocenters. The lowest BCUT2D eigenvalue weighted by Crippen LogP contribution is -2.44. The van der Waals surface area contributed by atoms with Gasteiger partial charge in [-0.15, -0.1) is 0 Å². The number of nitrogens with two attached hydrogens (primary N) is 1. The van der Waals surface area contributed by atoms with E-state index in [4.69, 9.17) is 15.9 Å². The van der Waals surface area contributed by atoms with Gasteiger partial charge in [0, 0.05) is 56.3 Å². The minimum absolute atomic E-state index is 0.258. The van der Waals surface area contributed by atoms with Gasteiger partial charge < -0.3 is 26.1 Å². The van der Waals surface area contributed by atoms with E-state index in [0.29, 0.717) is 11.8 Å². The summed E-state index contributed by atoms with van der Waals surface area (Å²) in [4.78, 5) is 2.25. The summed E-state index contributed by atoms with van der Waals surface area (Å²) in [6, 6.07) is 0. The summed E-state index contributed by atoms with van der Waals surface area (Å²) in [5.74, 6) is 1.42. The molecule has 0 amide bonds. The fraction of sp³-hybridized carbons (Fsp3) is 0.880. The fourth-order valence-electron chi connectivity index (χ4n) is 4.91. The summed E-state index contributed by atoms with van der Waals surface area (Å²) in [5, 5.41) is 12.2. The van der Waals surface area contributed by atoms with E-state index in [9.17, 15) is 0 Å². The molecule has 1 aliphatic carbocycles. The van der Waals surface area contributed by atoms with Gasteiger partial charge in [0.15, 0.2) is 0 Å². The topological polar surface area (TPSA) is 74.4 Å². The van der Waals surface area contributed by atoms with Crippen LogP contribution in [0.15, 0.2) is 11.8 Å². The smallest absolute Gasteiger partial charge is 0.0499 e. The lowest BCUT2D eigenvalue weighted by molar-refractivity contribution is -0.0232. The number of unbranched alkanes of at least 4 members (excludes halogenated alkanes) is 2. The molecule has 0 spiro atoms. The van der Waals surface area contributed by atoms with E-state index < -0.39 is 0 Å². The first kappa shape index (κ1) is 27.1. The summed E-state index contributed by atoms with van der Waals surface area (Å²) >= 11 is 0. The normalized spacial score (nSPS) is 24.4. The second-order valence-electron chi connectivity index (χ2n) is 9.90. The van der Waals surface area contributed by atoms with Crippen LogP contribution in [0.4, 0.5) is 0 Å². The first-order chi connectivity index (χ1) is 14.3. The van der Waals surface area contributed by atoms with Crippen LogP contribution < -0.4 is 11.1 Å². The maximum Gasteiger partial charge on any atom is 0.0499 e. The Labute approximate surface area is 186 Å². The number of rotatable bonds is 15. The molecule has 5 heteroatoms. The second-order valence-corrected chi connectivity index (χ2v) is 9.90. The molecule has 0 aromatic heterocycles. The molecule has 0 saturated heterocycles. The minimum atomic E-state index is 0.258. The maximum atomic E-state index is 9.02. The third-order valence-electron chi connectivity index (χ3n) is 7.21. The van der Waals surface area contributed by atoms with E-state index >= 15 is 0 Å². The third-order valence-corrected chi connectivity index (χ3v) is 7.21. The van der Waals surface area contributed by atoms with E-state index in [0.717, 1.165) is 63.4 Å². The van der Waals surface area contributed by atoms with Crippen molar-refractivity contribution in [3.8, 4) is 0 Å². The molecule has 1 fully saturated rings. The molecule has 3 atom stereocenters. The van der Waals surface area contributed by atoms with Gasteiger partial charge in [0.05, 0.1) is 0 Å². The zero-order valence-electron chi connectivity index (χ0n) is 20.7. The van der Waals surface area contributed by atoms with Crippen molar-refractivity contribution >= 4 is 5.71 Å². The average molecular weight is 423 g/mol. The molecule has 0 aliphatic heterocycles. The van der Waals surface area contributed by atoms with Crippen LogP contribution in [0.25, 0.3) is 0 Å². The van der Waals surface area contributed by atoms with Gasteiger partial charge in [0.1, 0.15) is 0 Å². The van der Waals surface area contributed by atoms with Crippen LogP contribution in [0.3, 0.4) is 0 Å². The monoisotopic (exact) mass is 422 g/mol. The quantitative estimate of drug-likeness (QED) is 0.265. The van der Waals surface area contributed by atoms with Crippen LogP contribution in [-0.2, 0) is 4.74 Å². The highest BCUT2D eigenvalue weighted by atomic mass is 16.5. The summed E-state index contributed by atoms with van der Waals surface area (Å²) in [7, 11) is 4.08. The number of ether oxygens (including phenoxy) is 1. The van der Waals surface area contributed by atoms with Gasteiger partial charge in [-0.25, -0.2) is 0 Å². The number of nitrogens with one attached hydrogen (secondary N) is 2. The zero-order valence-corrected chi connectivity index (χ0v) is 20.7. The zero-order chi connectivity index (χ0) is 22.6. The molecule has 1 saturated carbocycles. The van der Waals surface area contributed by atoms with Crippen molar-refractivity contribution in [1.82, 2.24) is 10.2 Å². The Bertz CT molecular complexity index is 495. The van der Waals surface area contributed by atoms with Crippen molar-refractivity contribution in [3.05, 3.63) is 11.8 Å². The Hall–Kier alpha value is -0.910. The van der Waals surface area contributed by atoms with Gasteiger partial charge in [-0.1, -0.05) is 47.0 Å². The van der Waals surface area contributed by atoms with Crippen molar-refractivity contribution in [1.29, 1.82) is 5.41 Å². The van der Waals surface area contributed by atoms with Crippen molar-refractivity contribution in [2.45, 2.75) is 72.6 Å². The molecule has 0 radical (unpaired) electrons. The minimum Gasteiger partial charge on any atom is -0.404 e. The van der Waals surface area contributed by atoms with E-state index in [1.54, 1.807) is 6.20 Å². The number of nitrogens with zero attached hydrogens (tertiary/aromatic N) is 1. The highest BCUT2D eigenvalue weighted by molar-refractivity contribution is 5.99. The largest absolute Gasteiger partial charge is 0.404 e. The number of likely N-dealkylation sites (N-methyl/N-ethyl adjacent to an activating group) is 2. The predicted molar refractivity (Wildman–Crippen MR) is 130 cm³/mol. The molecular formula is C25H50N4O. The maximum absolute atomic E-state index is 9.02. The van der Waals surface area contributed by atoms with Crippen molar-refractivity contribution in [2.24, 2.45) is 28.9 Å². The first-order valence-corrected chi connectivity index (χ1v) is 12.2. The van der Waals surface area contributed by atoms with E-state index in [1.807, 2.05) is 7.05 Å². The lowest BCUT2D eigenvalue weighted by atomic mass is 9.57. The van der Waals surface area contributed by atoms with Gasteiger partial charge in [-0.2, -0.15) is 0 Å². The van der Waals surface area contributed by atoms with Crippen molar-refractivity contribution in [2.75, 3.05) is 46.9 Å². The number of hydrogen-bond donors (Lipinski definition) is 3. The Morgan fingerprint density at radius 2 is 1.90 bits per heavy atom. The molecular weight excluding hydrogens is 372 g/mol. The number of hydrogen-bond acceptors (Lipinski definition) is 5. The highest BCUT2D eigenvalue weighted by Crippen LogP contribution is 2.50. The summed E-state index contributed by atoms with van der Waals surface area (Å²) < 4.78 is 6.03. The molecule has 0 aromatic rings. The van der Waals surface area contributed by atoms with Crippen LogP contribution in [0.1, 0.15) is 72.6 Å². The second kappa shape index (κ2) is 14.2. The first-order valence-electron chi connectivity index (χ1n) is 12.2. The Morgan fingerprint density at radius 1 is 1.20 bits per heavy atom. The van der Waals surface area contributed by atoms with Crippen LogP contribution >= 0.6 is 0 Å². The summed E-state index contributed by atoms with van der Waals surface area (Å²) in [5.41, 5.74) is 8.00. The van der Waals surface area contributed by atoms with E-state index in [2.05, 4.69) is 45.0 Å². The van der Waals surface area contributed by atoms with Crippen LogP contribution in [-0.4, -0.2) is 57.6 Å². The van der Waals surface area contributed by atoms with Crippen LogP contribution in [0.2, 0.25) is 0 Å². The fourth-order valence-corrected chi connectivity index (χ4v) is 4.91. The van der Waals surface area contributed by atoms with E-state index in [1.165, 1.54) is 25.7 Å². The standard InChI is InChI=1S/C25H50N4O/c1-7-9-10-11-22-15-20(16-23(25(22,3)4)19-30-14-8-2)24(27)21(17-26)18-29(6)13-12-28-5/h17,20,22-23,27-28H,7-16,18-19,26H2,1-6H3/b21-17-,27-24?. The van der Waals surface area contributed by atoms with Crippen molar-refractivity contribution in [3.63, 3.8) is 0 Å². The van der Waals surface area contributed by atoms with Crippen molar-refractivity contribution < 1.29 is 4.74 Å². The molecule has 0 bridgehead atoms. The Morgan fingerprint density at radius 3 is 2.50 bits per heavy atom. The van der Waals surface area contributed by atoms with Gasteiger partial charge in [0.25, 0.3) is 0 Å². The summed E-state index contributed by atoms with van der Waals surface area (Å²) in [6.07, 6.45) is 10.00. The Kier molecular flexibility index (Phi) is 12.8. The van der Waals surface area contributed by atoms with Gasteiger partial charge >= 0.3 is 0 Å². The third kappa shape index (κ3) is 8.32. The summed E-state index contributed by atoms with van der Waals surface area (Å²) in [6.45, 7) is 13.6. The molecule has 30 heavy (non-hydrogen) atoms. The average Bonchev–Trinajstić information content (AvgIpc) is 2.72. The van der Waals surface area contributed by atoms with Crippen LogP contribution in [0, 0.1) is 28.6 Å². The molecule has 1 rings (SSSR count). The molecule has 176 valence electrons. The van der Waals surface area contributed by atoms with Crippen LogP contribution in [0.5, 0.6) is 0 Å². The van der Waals surface area contributed by atoms with Gasteiger partial charge in [0.2, 0.25) is 0 Å². The lowest BCUT2D eigenvalue weighted by Gasteiger charge is -2.49. The Balaban J connectivity index is 2.92. The molecule has 1 aliphatic rings. The molecule has 4 N–H and O–H groups in total. The van der Waals surface area contributed by atoms with Gasteiger partial charge in [-0.05, 0) is 57.0 Å². The SMILES string of the molecule is CCCCCC1CC(C(=N)/C(=C\N)CN(C)CCNC)CC(COCCC)C1(C)C.